The molecule has 0 saturated heterocycles. The lowest BCUT2D eigenvalue weighted by Crippen LogP contribution is -2.42. The number of rotatable bonds is 9. The van der Waals surface area contributed by atoms with Crippen LogP contribution in [0.1, 0.15) is 47.8 Å². The molecule has 0 aliphatic carbocycles. The number of nitrogens with one attached hydrogen (secondary N) is 4. The summed E-state index contributed by atoms with van der Waals surface area (Å²) in [7, 11) is 0. The molecule has 0 spiro atoms. The summed E-state index contributed by atoms with van der Waals surface area (Å²) in [6.45, 7) is 3.39. The predicted molar refractivity (Wildman–Crippen MR) is 139 cm³/mol. The summed E-state index contributed by atoms with van der Waals surface area (Å²) in [4.78, 5) is 44.8. The third-order valence-electron chi connectivity index (χ3n) is 5.38. The van der Waals surface area contributed by atoms with Gasteiger partial charge in [-0.15, -0.1) is 0 Å². The highest BCUT2D eigenvalue weighted by atomic mass is 79.9. The van der Waals surface area contributed by atoms with Gasteiger partial charge in [-0.3, -0.25) is 24.4 Å². The Balaban J connectivity index is 1.64. The minimum atomic E-state index is -1.18. The van der Waals surface area contributed by atoms with Crippen LogP contribution in [-0.4, -0.2) is 69.8 Å². The van der Waals surface area contributed by atoms with Crippen molar-refractivity contribution in [3.05, 3.63) is 57.8 Å². The summed E-state index contributed by atoms with van der Waals surface area (Å²) in [5.41, 5.74) is 0.532. The van der Waals surface area contributed by atoms with Gasteiger partial charge < -0.3 is 36.6 Å². The van der Waals surface area contributed by atoms with Gasteiger partial charge >= 0.3 is 5.97 Å². The number of aromatic nitrogens is 1. The topological polar surface area (TPSA) is 185 Å². The molecule has 2 unspecified atom stereocenters. The lowest BCUT2D eigenvalue weighted by Gasteiger charge is -2.23. The van der Waals surface area contributed by atoms with Crippen LogP contribution < -0.4 is 21.3 Å². The lowest BCUT2D eigenvalue weighted by molar-refractivity contribution is -0.137. The first-order chi connectivity index (χ1) is 17.4. The van der Waals surface area contributed by atoms with Crippen LogP contribution in [0.3, 0.4) is 0 Å². The molecule has 7 N–H and O–H groups in total. The standard InChI is InChI=1S/C24H29BrN6O6/c1-24(2,37)15-3-13(4-16(25)6-15)19(7-21(34)35)31-20(33)12-27-22(36)14-5-17(9-26-8-14)30-23-28-10-18(32)11-29-23/h3-6,8-9,18-19,32,37H,7,10-12H2,1-2H3,(H,27,36)(H,31,33)(H,34,35)(H2,28,29,30). The molecule has 1 aromatic carbocycles. The third-order valence-corrected chi connectivity index (χ3v) is 5.84. The summed E-state index contributed by atoms with van der Waals surface area (Å²) in [5.74, 6) is -1.83. The number of carbonyl (C=O) groups is 3. The molecule has 198 valence electrons. The molecule has 0 saturated carbocycles. The maximum Gasteiger partial charge on any atom is 0.305 e. The Bertz CT molecular complexity index is 1200. The van der Waals surface area contributed by atoms with E-state index in [0.29, 0.717) is 33.8 Å². The van der Waals surface area contributed by atoms with E-state index < -0.39 is 48.5 Å². The highest BCUT2D eigenvalue weighted by Gasteiger charge is 2.23. The summed E-state index contributed by atoms with van der Waals surface area (Å²) in [5, 5.41) is 40.2. The molecule has 12 nitrogen and oxygen atoms in total. The van der Waals surface area contributed by atoms with Crippen LogP contribution in [0, 0.1) is 0 Å². The van der Waals surface area contributed by atoms with Gasteiger partial charge in [-0.1, -0.05) is 22.0 Å². The average molecular weight is 577 g/mol. The molecule has 13 heteroatoms. The Morgan fingerprint density at radius 3 is 2.62 bits per heavy atom. The van der Waals surface area contributed by atoms with E-state index >= 15 is 0 Å². The van der Waals surface area contributed by atoms with Gasteiger partial charge in [0.05, 0.1) is 54.7 Å². The van der Waals surface area contributed by atoms with Crippen LogP contribution in [0.4, 0.5) is 5.69 Å². The second-order valence-corrected chi connectivity index (χ2v) is 9.96. The molecule has 1 aliphatic heterocycles. The summed E-state index contributed by atoms with van der Waals surface area (Å²) >= 11 is 3.36. The quantitative estimate of drug-likeness (QED) is 0.227. The number of carbonyl (C=O) groups excluding carboxylic acids is 2. The smallest absolute Gasteiger partial charge is 0.305 e. The minimum Gasteiger partial charge on any atom is -0.481 e. The SMILES string of the molecule is CC(C)(O)c1cc(Br)cc(C(CC(=O)O)NC(=O)CNC(=O)c2cncc(NC3=NCC(O)CN3)c2)c1. The molecule has 2 atom stereocenters. The maximum absolute atomic E-state index is 12.6. The highest BCUT2D eigenvalue weighted by Crippen LogP contribution is 2.29. The van der Waals surface area contributed by atoms with E-state index in [4.69, 9.17) is 0 Å². The largest absolute Gasteiger partial charge is 0.481 e. The minimum absolute atomic E-state index is 0.193. The Labute approximate surface area is 221 Å². The number of β-amino-alcohol motifs (C(OH)–C–C–N with tert-alkyl or cyclic N) is 1. The first-order valence-corrected chi connectivity index (χ1v) is 12.2. The van der Waals surface area contributed by atoms with E-state index in [0.717, 1.165) is 0 Å². The van der Waals surface area contributed by atoms with Crippen molar-refractivity contribution in [3.8, 4) is 0 Å². The van der Waals surface area contributed by atoms with Crippen LogP contribution in [0.15, 0.2) is 46.1 Å². The Morgan fingerprint density at radius 1 is 1.22 bits per heavy atom. The number of hydrogen-bond donors (Lipinski definition) is 7. The zero-order chi connectivity index (χ0) is 27.2. The van der Waals surface area contributed by atoms with E-state index in [1.165, 1.54) is 18.5 Å². The molecular formula is C24H29BrN6O6. The van der Waals surface area contributed by atoms with Gasteiger partial charge in [0.2, 0.25) is 5.91 Å². The fraction of sp³-hybridized carbons (Fsp3) is 0.375. The molecule has 0 bridgehead atoms. The van der Waals surface area contributed by atoms with Crippen LogP contribution in [0.2, 0.25) is 0 Å². The number of halogens is 1. The number of carboxylic acid groups (broad SMARTS) is 1. The zero-order valence-corrected chi connectivity index (χ0v) is 21.9. The number of amides is 2. The van der Waals surface area contributed by atoms with Crippen LogP contribution in [-0.2, 0) is 15.2 Å². The summed E-state index contributed by atoms with van der Waals surface area (Å²) < 4.78 is 0.617. The monoisotopic (exact) mass is 576 g/mol. The number of nitrogens with zero attached hydrogens (tertiary/aromatic N) is 2. The van der Waals surface area contributed by atoms with Crippen molar-refractivity contribution in [2.24, 2.45) is 4.99 Å². The molecule has 0 fully saturated rings. The molecule has 2 amide bonds. The van der Waals surface area contributed by atoms with E-state index in [1.54, 1.807) is 32.0 Å². The van der Waals surface area contributed by atoms with Crippen LogP contribution in [0.25, 0.3) is 0 Å². The number of aliphatic hydroxyl groups is 2. The molecule has 0 radical (unpaired) electrons. The lowest BCUT2D eigenvalue weighted by atomic mass is 9.93. The number of guanidine groups is 1. The number of anilines is 1. The van der Waals surface area contributed by atoms with Crippen molar-refractivity contribution in [1.82, 2.24) is 20.9 Å². The van der Waals surface area contributed by atoms with Gasteiger partial charge in [-0.05, 0) is 43.2 Å². The number of benzene rings is 1. The van der Waals surface area contributed by atoms with Gasteiger partial charge in [0.1, 0.15) is 0 Å². The third kappa shape index (κ3) is 8.51. The predicted octanol–water partition coefficient (Wildman–Crippen LogP) is 0.865. The summed E-state index contributed by atoms with van der Waals surface area (Å²) in [6.07, 6.45) is 1.88. The molecule has 2 aromatic rings. The fourth-order valence-electron chi connectivity index (χ4n) is 3.49. The fourth-order valence-corrected chi connectivity index (χ4v) is 4.00. The molecule has 37 heavy (non-hydrogen) atoms. The number of pyridine rings is 1. The molecule has 2 heterocycles. The van der Waals surface area contributed by atoms with E-state index in [-0.39, 0.29) is 12.1 Å². The van der Waals surface area contributed by atoms with Crippen molar-refractivity contribution >= 4 is 45.4 Å². The zero-order valence-electron chi connectivity index (χ0n) is 20.3. The average Bonchev–Trinajstić information content (AvgIpc) is 2.82. The number of aliphatic imine (C=N–C) groups is 1. The van der Waals surface area contributed by atoms with Crippen molar-refractivity contribution in [2.45, 2.75) is 38.0 Å². The van der Waals surface area contributed by atoms with Gasteiger partial charge in [0.25, 0.3) is 5.91 Å². The van der Waals surface area contributed by atoms with Crippen molar-refractivity contribution < 1.29 is 29.7 Å². The Morgan fingerprint density at radius 2 is 1.97 bits per heavy atom. The maximum atomic E-state index is 12.6. The van der Waals surface area contributed by atoms with E-state index in [2.05, 4.69) is 47.2 Å². The molecular weight excluding hydrogens is 548 g/mol. The van der Waals surface area contributed by atoms with Crippen LogP contribution in [0.5, 0.6) is 0 Å². The second-order valence-electron chi connectivity index (χ2n) is 9.04. The van der Waals surface area contributed by atoms with Crippen molar-refractivity contribution in [1.29, 1.82) is 0 Å². The van der Waals surface area contributed by atoms with Crippen molar-refractivity contribution in [3.63, 3.8) is 0 Å². The van der Waals surface area contributed by atoms with Gasteiger partial charge in [-0.25, -0.2) is 0 Å². The first-order valence-electron chi connectivity index (χ1n) is 11.4. The normalized spacial score (nSPS) is 16.1. The van der Waals surface area contributed by atoms with E-state index in [9.17, 15) is 29.7 Å². The first kappa shape index (κ1) is 28.0. The number of aliphatic hydroxyl groups excluding tert-OH is 1. The number of aliphatic carboxylic acids is 1. The Hall–Kier alpha value is -3.55. The molecule has 1 aromatic heterocycles. The van der Waals surface area contributed by atoms with Crippen molar-refractivity contribution in [2.75, 3.05) is 25.0 Å². The van der Waals surface area contributed by atoms with Gasteiger partial charge in [-0.2, -0.15) is 0 Å². The number of hydrogen-bond acceptors (Lipinski definition) is 9. The van der Waals surface area contributed by atoms with Gasteiger partial charge in [0.15, 0.2) is 5.96 Å². The Kier molecular flexibility index (Phi) is 9.18. The van der Waals surface area contributed by atoms with Gasteiger partial charge in [0, 0.05) is 17.2 Å². The van der Waals surface area contributed by atoms with E-state index in [1.807, 2.05) is 0 Å². The second kappa shape index (κ2) is 12.1. The molecule has 3 rings (SSSR count). The highest BCUT2D eigenvalue weighted by molar-refractivity contribution is 9.10. The summed E-state index contributed by atoms with van der Waals surface area (Å²) in [6, 6.07) is 5.64. The molecule has 1 aliphatic rings. The number of carboxylic acids is 1. The van der Waals surface area contributed by atoms with Crippen LogP contribution >= 0.6 is 15.9 Å².